The molecule has 0 aromatic carbocycles. The van der Waals surface area contributed by atoms with E-state index >= 15 is 0 Å². The molecule has 0 aliphatic rings. The summed E-state index contributed by atoms with van der Waals surface area (Å²) in [6.45, 7) is 1.28. The molecule has 0 bridgehead atoms. The van der Waals surface area contributed by atoms with Crippen LogP contribution in [0.3, 0.4) is 0 Å². The Morgan fingerprint density at radius 3 is 2.41 bits per heavy atom. The van der Waals surface area contributed by atoms with E-state index in [2.05, 4.69) is 9.72 Å². The fourth-order valence-corrected chi connectivity index (χ4v) is 3.01. The van der Waals surface area contributed by atoms with Crippen molar-refractivity contribution in [1.82, 2.24) is 4.98 Å². The van der Waals surface area contributed by atoms with Crippen LogP contribution in [-0.4, -0.2) is 19.8 Å². The number of aromatic nitrogens is 1. The monoisotopic (exact) mass is 401 g/mol. The molecule has 1 heterocycles. The molecule has 1 rings (SSSR count). The highest BCUT2D eigenvalue weighted by atomic mass is 127. The third kappa shape index (κ3) is 3.85. The molecule has 0 aliphatic heterocycles. The van der Waals surface area contributed by atoms with Crippen molar-refractivity contribution < 1.29 is 26.3 Å². The lowest BCUT2D eigenvalue weighted by Gasteiger charge is -2.13. The summed E-state index contributed by atoms with van der Waals surface area (Å²) in [4.78, 5) is 2.85. The van der Waals surface area contributed by atoms with E-state index < -0.39 is 26.1 Å². The first-order valence-corrected chi connectivity index (χ1v) is 7.26. The van der Waals surface area contributed by atoms with Gasteiger partial charge in [-0.3, -0.25) is 0 Å². The third-order valence-corrected chi connectivity index (χ3v) is 4.18. The van der Waals surface area contributed by atoms with Gasteiger partial charge in [0.2, 0.25) is 0 Å². The van der Waals surface area contributed by atoms with Crippen molar-refractivity contribution >= 4 is 42.3 Å². The number of hydrogen-bond donors (Lipinski definition) is 0. The summed E-state index contributed by atoms with van der Waals surface area (Å²) in [6, 6.07) is 0. The molecule has 0 spiro atoms. The van der Waals surface area contributed by atoms with E-state index in [0.29, 0.717) is 6.20 Å². The fourth-order valence-electron chi connectivity index (χ4n) is 1.05. The summed E-state index contributed by atoms with van der Waals surface area (Å²) < 4.78 is 62.3. The molecule has 4 nitrogen and oxygen atoms in total. The number of nitrogens with zero attached hydrogens (tertiary/aromatic N) is 1. The fraction of sp³-hybridized carbons (Fsp3) is 0.286. The number of halogens is 5. The Balaban J connectivity index is 3.47. The van der Waals surface area contributed by atoms with Gasteiger partial charge in [-0.2, -0.15) is 0 Å². The van der Waals surface area contributed by atoms with Gasteiger partial charge in [0.1, 0.15) is 8.60 Å². The number of rotatable bonds is 2. The summed E-state index contributed by atoms with van der Waals surface area (Å²) in [7, 11) is 0.707. The standard InChI is InChI=1S/C7H4ClF3INO3S/c1-3-5(17(8,14)15)4(2-13-6(3)12)16-7(9,10)11/h2H,1H3. The minimum atomic E-state index is -5.02. The summed E-state index contributed by atoms with van der Waals surface area (Å²) >= 11 is 1.67. The minimum absolute atomic E-state index is 0.00218. The van der Waals surface area contributed by atoms with Crippen LogP contribution >= 0.6 is 33.3 Å². The Labute approximate surface area is 113 Å². The number of hydrogen-bond acceptors (Lipinski definition) is 4. The molecule has 96 valence electrons. The molecular weight excluding hydrogens is 397 g/mol. The van der Waals surface area contributed by atoms with Crippen LogP contribution in [0.1, 0.15) is 5.56 Å². The van der Waals surface area contributed by atoms with Gasteiger partial charge in [0.05, 0.1) is 6.20 Å². The molecular formula is C7H4ClF3INO3S. The predicted octanol–water partition coefficient (Wildman–Crippen LogP) is 2.82. The number of ether oxygens (including phenoxy) is 1. The first-order chi connectivity index (χ1) is 7.52. The largest absolute Gasteiger partial charge is 0.573 e. The smallest absolute Gasteiger partial charge is 0.403 e. The second kappa shape index (κ2) is 4.76. The molecule has 1 aromatic rings. The lowest BCUT2D eigenvalue weighted by molar-refractivity contribution is -0.275. The first kappa shape index (κ1) is 14.8. The van der Waals surface area contributed by atoms with Crippen molar-refractivity contribution in [2.24, 2.45) is 0 Å². The zero-order valence-electron chi connectivity index (χ0n) is 8.05. The zero-order valence-corrected chi connectivity index (χ0v) is 11.8. The van der Waals surface area contributed by atoms with Crippen molar-refractivity contribution in [3.8, 4) is 5.75 Å². The second-order valence-corrected chi connectivity index (χ2v) is 6.38. The van der Waals surface area contributed by atoms with Crippen molar-refractivity contribution in [3.63, 3.8) is 0 Å². The van der Waals surface area contributed by atoms with E-state index in [-0.39, 0.29) is 9.26 Å². The van der Waals surface area contributed by atoms with E-state index in [1.54, 1.807) is 22.6 Å². The highest BCUT2D eigenvalue weighted by molar-refractivity contribution is 14.1. The minimum Gasteiger partial charge on any atom is -0.403 e. The van der Waals surface area contributed by atoms with Crippen LogP contribution in [0.2, 0.25) is 0 Å². The average Bonchev–Trinajstić information content (AvgIpc) is 2.06. The van der Waals surface area contributed by atoms with Gasteiger partial charge in [0.25, 0.3) is 9.05 Å². The van der Waals surface area contributed by atoms with E-state index in [1.165, 1.54) is 6.92 Å². The lowest BCUT2D eigenvalue weighted by Crippen LogP contribution is -2.19. The van der Waals surface area contributed by atoms with Crippen LogP contribution in [0.25, 0.3) is 0 Å². The molecule has 0 atom stereocenters. The van der Waals surface area contributed by atoms with Gasteiger partial charge in [-0.15, -0.1) is 13.2 Å². The zero-order chi connectivity index (χ0) is 13.4. The van der Waals surface area contributed by atoms with Gasteiger partial charge in [-0.1, -0.05) is 0 Å². The topological polar surface area (TPSA) is 56.3 Å². The normalized spacial score (nSPS) is 12.6. The molecule has 0 amide bonds. The summed E-state index contributed by atoms with van der Waals surface area (Å²) in [6.07, 6.45) is -4.35. The SMILES string of the molecule is Cc1c(I)ncc(OC(F)(F)F)c1S(=O)(=O)Cl. The van der Waals surface area contributed by atoms with E-state index in [9.17, 15) is 21.6 Å². The average molecular weight is 402 g/mol. The second-order valence-electron chi connectivity index (χ2n) is 2.85. The van der Waals surface area contributed by atoms with E-state index in [1.807, 2.05) is 0 Å². The van der Waals surface area contributed by atoms with Gasteiger partial charge in [-0.05, 0) is 29.5 Å². The summed E-state index contributed by atoms with van der Waals surface area (Å²) in [5, 5.41) is 0. The molecule has 17 heavy (non-hydrogen) atoms. The molecule has 0 radical (unpaired) electrons. The molecule has 0 aliphatic carbocycles. The third-order valence-electron chi connectivity index (χ3n) is 1.64. The first-order valence-electron chi connectivity index (χ1n) is 3.88. The van der Waals surface area contributed by atoms with Crippen LogP contribution in [0, 0.1) is 10.6 Å². The molecule has 1 aromatic heterocycles. The Morgan fingerprint density at radius 2 is 2.00 bits per heavy atom. The lowest BCUT2D eigenvalue weighted by atomic mass is 10.3. The van der Waals surface area contributed by atoms with E-state index in [0.717, 1.165) is 0 Å². The Bertz CT molecular complexity index is 546. The molecule has 0 N–H and O–H groups in total. The number of alkyl halides is 3. The van der Waals surface area contributed by atoms with E-state index in [4.69, 9.17) is 10.7 Å². The molecule has 0 saturated heterocycles. The van der Waals surface area contributed by atoms with Gasteiger partial charge in [0, 0.05) is 16.2 Å². The highest BCUT2D eigenvalue weighted by Gasteiger charge is 2.35. The molecule has 10 heteroatoms. The van der Waals surface area contributed by atoms with Crippen molar-refractivity contribution in [1.29, 1.82) is 0 Å². The molecule has 0 saturated carbocycles. The van der Waals surface area contributed by atoms with Gasteiger partial charge < -0.3 is 4.74 Å². The maximum Gasteiger partial charge on any atom is 0.573 e. The molecule has 0 fully saturated rings. The van der Waals surface area contributed by atoms with Crippen LogP contribution in [-0.2, 0) is 9.05 Å². The molecule has 0 unspecified atom stereocenters. The van der Waals surface area contributed by atoms with Crippen LogP contribution in [0.5, 0.6) is 5.75 Å². The van der Waals surface area contributed by atoms with Crippen molar-refractivity contribution in [3.05, 3.63) is 15.5 Å². The van der Waals surface area contributed by atoms with Crippen molar-refractivity contribution in [2.45, 2.75) is 18.2 Å². The van der Waals surface area contributed by atoms with Gasteiger partial charge in [0.15, 0.2) is 5.75 Å². The summed E-state index contributed by atoms with van der Waals surface area (Å²) in [5.74, 6) is -0.939. The van der Waals surface area contributed by atoms with Crippen molar-refractivity contribution in [2.75, 3.05) is 0 Å². The quantitative estimate of drug-likeness (QED) is 0.434. The summed E-state index contributed by atoms with van der Waals surface area (Å²) in [5.41, 5.74) is 0.00218. The maximum atomic E-state index is 12.1. The Hall–Kier alpha value is -0.290. The van der Waals surface area contributed by atoms with Gasteiger partial charge >= 0.3 is 6.36 Å². The van der Waals surface area contributed by atoms with Gasteiger partial charge in [-0.25, -0.2) is 13.4 Å². The Morgan fingerprint density at radius 1 is 1.47 bits per heavy atom. The van der Waals surface area contributed by atoms with Crippen LogP contribution < -0.4 is 4.74 Å². The highest BCUT2D eigenvalue weighted by Crippen LogP contribution is 2.34. The van der Waals surface area contributed by atoms with Crippen LogP contribution in [0.15, 0.2) is 11.1 Å². The number of pyridine rings is 1. The Kier molecular flexibility index (Phi) is 4.14. The predicted molar refractivity (Wildman–Crippen MR) is 61.4 cm³/mol. The van der Waals surface area contributed by atoms with Crippen LogP contribution in [0.4, 0.5) is 13.2 Å². The maximum absolute atomic E-state index is 12.1.